The van der Waals surface area contributed by atoms with Crippen molar-refractivity contribution >= 4 is 12.4 Å². The highest BCUT2D eigenvalue weighted by Gasteiger charge is 2.32. The van der Waals surface area contributed by atoms with E-state index in [0.717, 1.165) is 44.2 Å². The summed E-state index contributed by atoms with van der Waals surface area (Å²) in [6.07, 6.45) is -3.40. The Morgan fingerprint density at radius 2 is 1.82 bits per heavy atom. The van der Waals surface area contributed by atoms with Crippen molar-refractivity contribution in [1.82, 2.24) is 10.2 Å². The number of rotatable bonds is 4. The van der Waals surface area contributed by atoms with Crippen molar-refractivity contribution < 1.29 is 13.2 Å². The lowest BCUT2D eigenvalue weighted by molar-refractivity contribution is -0.137. The Hall–Kier alpha value is -0.780. The van der Waals surface area contributed by atoms with Gasteiger partial charge in [-0.3, -0.25) is 4.90 Å². The highest BCUT2D eigenvalue weighted by Crippen LogP contribution is 2.34. The molecule has 1 atom stereocenters. The molecule has 1 saturated heterocycles. The first-order chi connectivity index (χ1) is 9.88. The van der Waals surface area contributed by atoms with Gasteiger partial charge in [-0.25, -0.2) is 0 Å². The lowest BCUT2D eigenvalue weighted by atomic mass is 9.94. The lowest BCUT2D eigenvalue weighted by Gasteiger charge is -2.36. The first kappa shape index (κ1) is 19.3. The standard InChI is InChI=1S/C16H23F3N2.ClH/c1-12(2)10-15(21-8-6-20-7-9-21)13-4-3-5-14(11-13)16(17,18)19;/h3-5,11-12,15,20H,6-10H2,1-2H3;1H/t15-;/m1./s1. The van der Waals surface area contributed by atoms with Gasteiger partial charge in [0.05, 0.1) is 5.56 Å². The minimum absolute atomic E-state index is 0. The van der Waals surface area contributed by atoms with Crippen LogP contribution in [-0.2, 0) is 6.18 Å². The maximum absolute atomic E-state index is 12.9. The summed E-state index contributed by atoms with van der Waals surface area (Å²) in [6, 6.07) is 5.87. The van der Waals surface area contributed by atoms with E-state index in [0.29, 0.717) is 5.92 Å². The molecular formula is C16H24ClF3N2. The molecule has 0 aliphatic carbocycles. The van der Waals surface area contributed by atoms with Crippen molar-refractivity contribution in [3.63, 3.8) is 0 Å². The predicted molar refractivity (Wildman–Crippen MR) is 85.3 cm³/mol. The van der Waals surface area contributed by atoms with Crippen LogP contribution in [0.25, 0.3) is 0 Å². The van der Waals surface area contributed by atoms with Gasteiger partial charge in [0.15, 0.2) is 0 Å². The molecule has 0 aromatic heterocycles. The lowest BCUT2D eigenvalue weighted by Crippen LogP contribution is -2.45. The second kappa shape index (κ2) is 8.18. The Balaban J connectivity index is 0.00000242. The van der Waals surface area contributed by atoms with E-state index in [1.807, 2.05) is 6.07 Å². The van der Waals surface area contributed by atoms with Crippen LogP contribution in [0.4, 0.5) is 13.2 Å². The van der Waals surface area contributed by atoms with E-state index < -0.39 is 11.7 Å². The molecule has 0 radical (unpaired) electrons. The molecule has 1 aliphatic heterocycles. The van der Waals surface area contributed by atoms with Crippen molar-refractivity contribution in [2.24, 2.45) is 5.92 Å². The summed E-state index contributed by atoms with van der Waals surface area (Å²) in [4.78, 5) is 2.30. The molecule has 2 nitrogen and oxygen atoms in total. The van der Waals surface area contributed by atoms with Gasteiger partial charge in [-0.1, -0.05) is 26.0 Å². The number of nitrogens with one attached hydrogen (secondary N) is 1. The topological polar surface area (TPSA) is 15.3 Å². The van der Waals surface area contributed by atoms with E-state index in [9.17, 15) is 13.2 Å². The number of piperazine rings is 1. The fraction of sp³-hybridized carbons (Fsp3) is 0.625. The summed E-state index contributed by atoms with van der Waals surface area (Å²) in [6.45, 7) is 7.79. The molecule has 1 heterocycles. The highest BCUT2D eigenvalue weighted by molar-refractivity contribution is 5.85. The second-order valence-electron chi connectivity index (χ2n) is 6.05. The van der Waals surface area contributed by atoms with Gasteiger partial charge in [0.1, 0.15) is 0 Å². The van der Waals surface area contributed by atoms with Crippen LogP contribution in [-0.4, -0.2) is 31.1 Å². The normalized spacial score (nSPS) is 18.1. The maximum Gasteiger partial charge on any atom is 0.416 e. The molecule has 1 aromatic carbocycles. The third-order valence-corrected chi connectivity index (χ3v) is 3.89. The van der Waals surface area contributed by atoms with Gasteiger partial charge < -0.3 is 5.32 Å². The number of alkyl halides is 3. The van der Waals surface area contributed by atoms with E-state index >= 15 is 0 Å². The molecule has 2 rings (SSSR count). The quantitative estimate of drug-likeness (QED) is 0.889. The van der Waals surface area contributed by atoms with E-state index in [1.54, 1.807) is 0 Å². The smallest absolute Gasteiger partial charge is 0.314 e. The van der Waals surface area contributed by atoms with Gasteiger partial charge in [0, 0.05) is 32.2 Å². The molecule has 126 valence electrons. The first-order valence-electron chi connectivity index (χ1n) is 7.50. The Morgan fingerprint density at radius 3 is 2.36 bits per heavy atom. The highest BCUT2D eigenvalue weighted by atomic mass is 35.5. The largest absolute Gasteiger partial charge is 0.416 e. The number of hydrogen-bond donors (Lipinski definition) is 1. The third kappa shape index (κ3) is 5.14. The summed E-state index contributed by atoms with van der Waals surface area (Å²) in [5, 5.41) is 3.29. The second-order valence-corrected chi connectivity index (χ2v) is 6.05. The van der Waals surface area contributed by atoms with Crippen LogP contribution in [0.1, 0.15) is 37.4 Å². The van der Waals surface area contributed by atoms with Gasteiger partial charge in [-0.2, -0.15) is 13.2 Å². The summed E-state index contributed by atoms with van der Waals surface area (Å²) >= 11 is 0. The number of hydrogen-bond acceptors (Lipinski definition) is 2. The fourth-order valence-corrected chi connectivity index (χ4v) is 2.86. The van der Waals surface area contributed by atoms with Crippen molar-refractivity contribution in [1.29, 1.82) is 0 Å². The number of halogens is 4. The molecule has 22 heavy (non-hydrogen) atoms. The Bertz CT molecular complexity index is 457. The van der Waals surface area contributed by atoms with Gasteiger partial charge in [0.25, 0.3) is 0 Å². The Labute approximate surface area is 136 Å². The number of benzene rings is 1. The van der Waals surface area contributed by atoms with Crippen molar-refractivity contribution in [2.75, 3.05) is 26.2 Å². The third-order valence-electron chi connectivity index (χ3n) is 3.89. The maximum atomic E-state index is 12.9. The van der Waals surface area contributed by atoms with E-state index in [-0.39, 0.29) is 18.4 Å². The molecule has 0 amide bonds. The van der Waals surface area contributed by atoms with E-state index in [4.69, 9.17) is 0 Å². The van der Waals surface area contributed by atoms with E-state index in [1.165, 1.54) is 12.1 Å². The van der Waals surface area contributed by atoms with Gasteiger partial charge >= 0.3 is 6.18 Å². The van der Waals surface area contributed by atoms with Crippen LogP contribution in [0.15, 0.2) is 24.3 Å². The van der Waals surface area contributed by atoms with Crippen LogP contribution >= 0.6 is 12.4 Å². The Kier molecular flexibility index (Phi) is 7.16. The summed E-state index contributed by atoms with van der Waals surface area (Å²) in [5.41, 5.74) is 0.226. The predicted octanol–water partition coefficient (Wildman–Crippen LogP) is 4.12. The van der Waals surface area contributed by atoms with Crippen LogP contribution in [0.3, 0.4) is 0 Å². The fourth-order valence-electron chi connectivity index (χ4n) is 2.86. The Morgan fingerprint density at radius 1 is 1.18 bits per heavy atom. The van der Waals surface area contributed by atoms with Crippen molar-refractivity contribution in [3.8, 4) is 0 Å². The van der Waals surface area contributed by atoms with Crippen LogP contribution in [0.2, 0.25) is 0 Å². The first-order valence-corrected chi connectivity index (χ1v) is 7.50. The summed E-state index contributed by atoms with van der Waals surface area (Å²) < 4.78 is 38.7. The zero-order chi connectivity index (χ0) is 15.5. The summed E-state index contributed by atoms with van der Waals surface area (Å²) in [5.74, 6) is 0.444. The van der Waals surface area contributed by atoms with Gasteiger partial charge in [-0.05, 0) is 30.0 Å². The molecule has 6 heteroatoms. The summed E-state index contributed by atoms with van der Waals surface area (Å²) in [7, 11) is 0. The molecule has 1 aliphatic rings. The van der Waals surface area contributed by atoms with Gasteiger partial charge in [-0.15, -0.1) is 12.4 Å². The zero-order valence-corrected chi connectivity index (χ0v) is 13.8. The van der Waals surface area contributed by atoms with Gasteiger partial charge in [0.2, 0.25) is 0 Å². The zero-order valence-electron chi connectivity index (χ0n) is 13.0. The molecule has 1 aromatic rings. The van der Waals surface area contributed by atoms with Crippen LogP contribution in [0.5, 0.6) is 0 Å². The van der Waals surface area contributed by atoms with E-state index in [2.05, 4.69) is 24.1 Å². The SMILES string of the molecule is CC(C)C[C@H](c1cccc(C(F)(F)F)c1)N1CCNCC1.Cl. The molecular weight excluding hydrogens is 313 g/mol. The molecule has 0 spiro atoms. The number of nitrogens with zero attached hydrogens (tertiary/aromatic N) is 1. The molecule has 0 saturated carbocycles. The minimum atomic E-state index is -4.28. The monoisotopic (exact) mass is 336 g/mol. The van der Waals surface area contributed by atoms with Crippen LogP contribution < -0.4 is 5.32 Å². The molecule has 1 N–H and O–H groups in total. The molecule has 0 unspecified atom stereocenters. The average Bonchev–Trinajstić information content (AvgIpc) is 2.45. The van der Waals surface area contributed by atoms with Crippen molar-refractivity contribution in [3.05, 3.63) is 35.4 Å². The van der Waals surface area contributed by atoms with Crippen molar-refractivity contribution in [2.45, 2.75) is 32.5 Å². The molecule has 0 bridgehead atoms. The average molecular weight is 337 g/mol. The van der Waals surface area contributed by atoms with Crippen LogP contribution in [0, 0.1) is 5.92 Å². The minimum Gasteiger partial charge on any atom is -0.314 e. The molecule has 1 fully saturated rings.